The van der Waals surface area contributed by atoms with Crippen LogP contribution < -0.4 is 4.80 Å². The van der Waals surface area contributed by atoms with Gasteiger partial charge in [-0.15, -0.1) is 6.58 Å². The summed E-state index contributed by atoms with van der Waals surface area (Å²) >= 11 is 1.43. The fourth-order valence-electron chi connectivity index (χ4n) is 3.12. The molecule has 1 aliphatic heterocycles. The number of nitrogens with zero attached hydrogens (tertiary/aromatic N) is 3. The molecule has 0 spiro atoms. The Hall–Kier alpha value is -1.77. The van der Waals surface area contributed by atoms with Gasteiger partial charge in [-0.2, -0.15) is 9.30 Å². The molecule has 0 N–H and O–H groups in total. The van der Waals surface area contributed by atoms with Gasteiger partial charge in [0.05, 0.1) is 16.5 Å². The maximum atomic E-state index is 12.7. The zero-order valence-corrected chi connectivity index (χ0v) is 15.9. The van der Waals surface area contributed by atoms with Gasteiger partial charge in [0.2, 0.25) is 10.0 Å². The van der Waals surface area contributed by atoms with E-state index in [9.17, 15) is 13.2 Å². The molecule has 1 aromatic heterocycles. The summed E-state index contributed by atoms with van der Waals surface area (Å²) < 4.78 is 28.0. The Bertz CT molecular complexity index is 1000. The molecule has 134 valence electrons. The van der Waals surface area contributed by atoms with Gasteiger partial charge in [-0.3, -0.25) is 4.79 Å². The molecule has 1 saturated heterocycles. The smallest absolute Gasteiger partial charge is 0.266 e. The predicted molar refractivity (Wildman–Crippen MR) is 99.9 cm³/mol. The zero-order valence-electron chi connectivity index (χ0n) is 14.3. The van der Waals surface area contributed by atoms with Crippen LogP contribution in [0.15, 0.2) is 35.8 Å². The summed E-state index contributed by atoms with van der Waals surface area (Å²) in [5, 5.41) is 0. The Morgan fingerprint density at radius 2 is 2.24 bits per heavy atom. The van der Waals surface area contributed by atoms with Crippen LogP contribution in [-0.2, 0) is 21.4 Å². The maximum Gasteiger partial charge on any atom is 0.266 e. The highest BCUT2D eigenvalue weighted by molar-refractivity contribution is 7.88. The fourth-order valence-corrected chi connectivity index (χ4v) is 5.39. The summed E-state index contributed by atoms with van der Waals surface area (Å²) in [6.45, 7) is 6.70. The number of aromatic nitrogens is 1. The summed E-state index contributed by atoms with van der Waals surface area (Å²) in [4.78, 5) is 17.5. The number of sulfonamides is 1. The molecule has 1 unspecified atom stereocenters. The fraction of sp³-hybridized carbons (Fsp3) is 0.412. The number of hydrogen-bond acceptors (Lipinski definition) is 4. The molecule has 0 radical (unpaired) electrons. The van der Waals surface area contributed by atoms with Gasteiger partial charge >= 0.3 is 0 Å². The van der Waals surface area contributed by atoms with E-state index in [1.165, 1.54) is 15.6 Å². The molecule has 6 nitrogen and oxygen atoms in total. The van der Waals surface area contributed by atoms with Crippen molar-refractivity contribution in [1.29, 1.82) is 0 Å². The number of carbonyl (C=O) groups excluding carboxylic acids is 1. The highest BCUT2D eigenvalue weighted by Gasteiger charge is 2.36. The number of rotatable bonds is 4. The Kier molecular flexibility index (Phi) is 4.95. The first-order valence-corrected chi connectivity index (χ1v) is 10.7. The third-order valence-electron chi connectivity index (χ3n) is 4.27. The van der Waals surface area contributed by atoms with Gasteiger partial charge in [-0.1, -0.05) is 23.5 Å². The van der Waals surface area contributed by atoms with Crippen molar-refractivity contribution in [3.8, 4) is 0 Å². The molecular formula is C17H21N3O3S2. The Balaban J connectivity index is 2.07. The van der Waals surface area contributed by atoms with Crippen molar-refractivity contribution in [2.24, 2.45) is 4.99 Å². The van der Waals surface area contributed by atoms with Crippen LogP contribution in [0, 0.1) is 6.92 Å². The van der Waals surface area contributed by atoms with E-state index in [1.54, 1.807) is 6.08 Å². The first-order chi connectivity index (χ1) is 11.8. The van der Waals surface area contributed by atoms with E-state index >= 15 is 0 Å². The van der Waals surface area contributed by atoms with Crippen LogP contribution in [-0.4, -0.2) is 42.0 Å². The van der Waals surface area contributed by atoms with Crippen molar-refractivity contribution in [2.75, 3.05) is 12.8 Å². The summed E-state index contributed by atoms with van der Waals surface area (Å²) in [5.41, 5.74) is 2.13. The standard InChI is InChI=1S/C17H21N3O3S2/c1-4-9-19-13-8-7-12(2)11-15(13)24-17(19)18-16(21)14-6-5-10-20(14)25(3,22)23/h4,7-8,11,14H,1,5-6,9-10H2,2-3H3. The number of aryl methyl sites for hydroxylation is 1. The highest BCUT2D eigenvalue weighted by atomic mass is 32.2. The van der Waals surface area contributed by atoms with Crippen LogP contribution in [0.1, 0.15) is 18.4 Å². The third kappa shape index (κ3) is 3.61. The second kappa shape index (κ2) is 6.86. The second-order valence-corrected chi connectivity index (χ2v) is 9.18. The molecule has 8 heteroatoms. The number of hydrogen-bond donors (Lipinski definition) is 0. The van der Waals surface area contributed by atoms with E-state index in [1.807, 2.05) is 23.6 Å². The molecule has 0 saturated carbocycles. The molecule has 1 aliphatic rings. The monoisotopic (exact) mass is 379 g/mol. The van der Waals surface area contributed by atoms with E-state index in [-0.39, 0.29) is 0 Å². The van der Waals surface area contributed by atoms with Crippen LogP contribution in [0.4, 0.5) is 0 Å². The minimum atomic E-state index is -3.41. The van der Waals surface area contributed by atoms with Gasteiger partial charge in [-0.05, 0) is 37.5 Å². The van der Waals surface area contributed by atoms with E-state index in [4.69, 9.17) is 0 Å². The number of carbonyl (C=O) groups is 1. The van der Waals surface area contributed by atoms with E-state index in [0.29, 0.717) is 30.7 Å². The summed E-state index contributed by atoms with van der Waals surface area (Å²) in [7, 11) is -3.41. The van der Waals surface area contributed by atoms with Crippen LogP contribution in [0.2, 0.25) is 0 Å². The van der Waals surface area contributed by atoms with Crippen LogP contribution >= 0.6 is 11.3 Å². The molecule has 3 rings (SSSR count). The van der Waals surface area contributed by atoms with E-state index < -0.39 is 22.0 Å². The van der Waals surface area contributed by atoms with Crippen LogP contribution in [0.5, 0.6) is 0 Å². The molecule has 1 atom stereocenters. The topological polar surface area (TPSA) is 71.7 Å². The molecule has 0 aliphatic carbocycles. The van der Waals surface area contributed by atoms with E-state index in [2.05, 4.69) is 17.6 Å². The number of fused-ring (bicyclic) bond motifs is 1. The van der Waals surface area contributed by atoms with Gasteiger partial charge in [0, 0.05) is 13.1 Å². The Morgan fingerprint density at radius 1 is 1.48 bits per heavy atom. The molecule has 2 aromatic rings. The molecule has 1 fully saturated rings. The summed E-state index contributed by atoms with van der Waals surface area (Å²) in [6, 6.07) is 5.38. The average Bonchev–Trinajstić information content (AvgIpc) is 3.13. The molecule has 25 heavy (non-hydrogen) atoms. The van der Waals surface area contributed by atoms with Crippen LogP contribution in [0.3, 0.4) is 0 Å². The predicted octanol–water partition coefficient (Wildman–Crippen LogP) is 2.05. The maximum absolute atomic E-state index is 12.7. The van der Waals surface area contributed by atoms with Gasteiger partial charge in [-0.25, -0.2) is 8.42 Å². The van der Waals surface area contributed by atoms with Crippen molar-refractivity contribution in [2.45, 2.75) is 32.4 Å². The quantitative estimate of drug-likeness (QED) is 0.763. The first-order valence-electron chi connectivity index (χ1n) is 8.07. The van der Waals surface area contributed by atoms with Gasteiger partial charge in [0.1, 0.15) is 6.04 Å². The lowest BCUT2D eigenvalue weighted by atomic mass is 10.2. The van der Waals surface area contributed by atoms with Crippen molar-refractivity contribution in [3.63, 3.8) is 0 Å². The normalized spacial score (nSPS) is 19.6. The van der Waals surface area contributed by atoms with Crippen molar-refractivity contribution < 1.29 is 13.2 Å². The highest BCUT2D eigenvalue weighted by Crippen LogP contribution is 2.22. The van der Waals surface area contributed by atoms with Crippen molar-refractivity contribution in [3.05, 3.63) is 41.2 Å². The van der Waals surface area contributed by atoms with Gasteiger partial charge < -0.3 is 4.57 Å². The van der Waals surface area contributed by atoms with Crippen LogP contribution in [0.25, 0.3) is 10.2 Å². The lowest BCUT2D eigenvalue weighted by molar-refractivity contribution is -0.121. The lowest BCUT2D eigenvalue weighted by Gasteiger charge is -2.18. The van der Waals surface area contributed by atoms with Gasteiger partial charge in [0.25, 0.3) is 5.91 Å². The average molecular weight is 380 g/mol. The van der Waals surface area contributed by atoms with E-state index in [0.717, 1.165) is 22.0 Å². The minimum absolute atomic E-state index is 0.378. The molecule has 1 amide bonds. The largest absolute Gasteiger partial charge is 0.313 e. The molecule has 1 aromatic carbocycles. The number of amides is 1. The Morgan fingerprint density at radius 3 is 2.92 bits per heavy atom. The van der Waals surface area contributed by atoms with Gasteiger partial charge in [0.15, 0.2) is 4.80 Å². The number of allylic oxidation sites excluding steroid dienone is 1. The lowest BCUT2D eigenvalue weighted by Crippen LogP contribution is -2.39. The Labute approximate surface area is 151 Å². The second-order valence-electron chi connectivity index (χ2n) is 6.24. The summed E-state index contributed by atoms with van der Waals surface area (Å²) in [6.07, 6.45) is 4.09. The number of thiazole rings is 1. The minimum Gasteiger partial charge on any atom is -0.313 e. The first kappa shape index (κ1) is 18.0. The van der Waals surface area contributed by atoms with Crippen molar-refractivity contribution >= 4 is 37.5 Å². The summed E-state index contributed by atoms with van der Waals surface area (Å²) in [5.74, 6) is -0.399. The molecular weight excluding hydrogens is 358 g/mol. The van der Waals surface area contributed by atoms with Crippen molar-refractivity contribution in [1.82, 2.24) is 8.87 Å². The third-order valence-corrected chi connectivity index (χ3v) is 6.60. The molecule has 0 bridgehead atoms. The number of benzene rings is 1. The zero-order chi connectivity index (χ0) is 18.2. The SMILES string of the molecule is C=CCn1c(=NC(=O)C2CCCN2S(C)(=O)=O)sc2cc(C)ccc21. The molecule has 2 heterocycles.